The zero-order valence-electron chi connectivity index (χ0n) is 22.6. The van der Waals surface area contributed by atoms with Crippen LogP contribution in [0.3, 0.4) is 0 Å². The van der Waals surface area contributed by atoms with E-state index in [1.807, 2.05) is 6.07 Å². The van der Waals surface area contributed by atoms with E-state index < -0.39 is 28.9 Å². The highest BCUT2D eigenvalue weighted by atomic mass is 32.1. The zero-order valence-corrected chi connectivity index (χ0v) is 23.5. The molecule has 42 heavy (non-hydrogen) atoms. The Labute approximate surface area is 245 Å². The summed E-state index contributed by atoms with van der Waals surface area (Å²) in [5.74, 6) is 5.50. The van der Waals surface area contributed by atoms with Gasteiger partial charge in [-0.1, -0.05) is 11.8 Å². The summed E-state index contributed by atoms with van der Waals surface area (Å²) in [6.07, 6.45) is 5.47. The highest BCUT2D eigenvalue weighted by Crippen LogP contribution is 2.47. The predicted octanol–water partition coefficient (Wildman–Crippen LogP) is 6.47. The van der Waals surface area contributed by atoms with Gasteiger partial charge in [0.2, 0.25) is 11.8 Å². The second kappa shape index (κ2) is 11.9. The van der Waals surface area contributed by atoms with Crippen LogP contribution in [0.5, 0.6) is 11.5 Å². The van der Waals surface area contributed by atoms with Crippen LogP contribution in [-0.2, 0) is 9.59 Å². The third kappa shape index (κ3) is 6.12. The maximum Gasteiger partial charge on any atom is 0.240 e. The molecule has 4 aromatic rings. The molecule has 2 fully saturated rings. The van der Waals surface area contributed by atoms with E-state index in [4.69, 9.17) is 4.74 Å². The van der Waals surface area contributed by atoms with Gasteiger partial charge in [0.15, 0.2) is 11.6 Å². The average molecular weight is 587 g/mol. The Morgan fingerprint density at radius 3 is 2.40 bits per heavy atom. The Hall–Kier alpha value is -4.33. The van der Waals surface area contributed by atoms with Crippen molar-refractivity contribution in [2.75, 3.05) is 23.7 Å². The van der Waals surface area contributed by atoms with Gasteiger partial charge in [-0.25, -0.2) is 8.78 Å². The molecule has 10 heteroatoms. The Kier molecular flexibility index (Phi) is 7.87. The molecule has 1 saturated heterocycles. The second-order valence-corrected chi connectivity index (χ2v) is 11.6. The number of halogens is 2. The van der Waals surface area contributed by atoms with E-state index in [0.717, 1.165) is 53.5 Å². The maximum atomic E-state index is 15.1. The van der Waals surface area contributed by atoms with Gasteiger partial charge in [-0.3, -0.25) is 14.6 Å². The number of rotatable bonds is 7. The van der Waals surface area contributed by atoms with Gasteiger partial charge in [0, 0.05) is 36.1 Å². The van der Waals surface area contributed by atoms with Crippen molar-refractivity contribution < 1.29 is 23.1 Å². The van der Waals surface area contributed by atoms with Crippen molar-refractivity contribution in [1.29, 1.82) is 0 Å². The van der Waals surface area contributed by atoms with Gasteiger partial charge in [-0.2, -0.15) is 0 Å². The van der Waals surface area contributed by atoms with Gasteiger partial charge in [0.1, 0.15) is 17.0 Å². The average Bonchev–Trinajstić information content (AvgIpc) is 3.70. The third-order valence-electron chi connectivity index (χ3n) is 7.57. The number of piperidine rings is 1. The molecule has 3 N–H and O–H groups in total. The Morgan fingerprint density at radius 2 is 1.69 bits per heavy atom. The van der Waals surface area contributed by atoms with Crippen LogP contribution in [-0.4, -0.2) is 29.9 Å². The van der Waals surface area contributed by atoms with E-state index in [1.54, 1.807) is 12.3 Å². The molecule has 214 valence electrons. The Morgan fingerprint density at radius 1 is 0.976 bits per heavy atom. The van der Waals surface area contributed by atoms with Gasteiger partial charge in [0.25, 0.3) is 0 Å². The zero-order chi connectivity index (χ0) is 29.1. The Balaban J connectivity index is 1.11. The number of carbonyl (C=O) groups excluding carboxylic acids is 2. The number of ether oxygens (including phenoxy) is 1. The predicted molar refractivity (Wildman–Crippen MR) is 159 cm³/mol. The first kappa shape index (κ1) is 27.8. The van der Waals surface area contributed by atoms with Gasteiger partial charge in [0.05, 0.1) is 15.1 Å². The largest absolute Gasteiger partial charge is 0.453 e. The van der Waals surface area contributed by atoms with E-state index in [2.05, 4.69) is 32.8 Å². The number of pyridine rings is 1. The van der Waals surface area contributed by atoms with Crippen molar-refractivity contribution in [3.63, 3.8) is 0 Å². The van der Waals surface area contributed by atoms with Crippen LogP contribution in [0.25, 0.3) is 10.2 Å². The molecule has 1 saturated carbocycles. The van der Waals surface area contributed by atoms with Gasteiger partial charge in [-0.05, 0) is 87.2 Å². The fourth-order valence-corrected chi connectivity index (χ4v) is 5.86. The first-order valence-electron chi connectivity index (χ1n) is 13.8. The van der Waals surface area contributed by atoms with Crippen molar-refractivity contribution in [3.05, 3.63) is 77.3 Å². The first-order valence-corrected chi connectivity index (χ1v) is 14.7. The maximum absolute atomic E-state index is 15.1. The van der Waals surface area contributed by atoms with E-state index in [0.29, 0.717) is 30.2 Å². The lowest BCUT2D eigenvalue weighted by atomic mass is 9.95. The normalized spacial score (nSPS) is 15.9. The van der Waals surface area contributed by atoms with E-state index in [9.17, 15) is 14.0 Å². The molecule has 2 amide bonds. The monoisotopic (exact) mass is 586 g/mol. The number of aromatic nitrogens is 1. The number of hydrogen-bond donors (Lipinski definition) is 3. The van der Waals surface area contributed by atoms with Crippen LogP contribution in [0.1, 0.15) is 37.0 Å². The van der Waals surface area contributed by atoms with Crippen LogP contribution in [0.4, 0.5) is 20.2 Å². The molecule has 7 nitrogen and oxygen atoms in total. The molecular weight excluding hydrogens is 558 g/mol. The molecule has 2 aliphatic rings. The Bertz CT molecular complexity index is 1700. The number of benzene rings is 2. The number of hydrogen-bond acceptors (Lipinski definition) is 6. The number of nitrogens with one attached hydrogen (secondary N) is 3. The molecule has 1 aliphatic carbocycles. The molecule has 6 rings (SSSR count). The summed E-state index contributed by atoms with van der Waals surface area (Å²) in [6, 6.07) is 13.0. The lowest BCUT2D eigenvalue weighted by Gasteiger charge is -2.20. The summed E-state index contributed by atoms with van der Waals surface area (Å²) >= 11 is 1.45. The molecule has 0 spiro atoms. The lowest BCUT2D eigenvalue weighted by molar-refractivity contribution is -0.131. The molecule has 0 bridgehead atoms. The highest BCUT2D eigenvalue weighted by molar-refractivity contribution is 7.19. The number of anilines is 2. The second-order valence-electron chi connectivity index (χ2n) is 10.6. The summed E-state index contributed by atoms with van der Waals surface area (Å²) in [7, 11) is 0. The fourth-order valence-electron chi connectivity index (χ4n) is 4.92. The molecule has 0 radical (unpaired) electrons. The lowest BCUT2D eigenvalue weighted by Crippen LogP contribution is -2.35. The minimum atomic E-state index is -1.25. The number of fused-ring (bicyclic) bond motifs is 1. The quantitative estimate of drug-likeness (QED) is 0.171. The van der Waals surface area contributed by atoms with Gasteiger partial charge >= 0.3 is 0 Å². The minimum absolute atomic E-state index is 0.0115. The standard InChI is InChI=1S/C32H28F2N4O3S/c33-21-4-6-22(7-5-21)37-30(39)32(13-14-32)31(40)38-23-8-9-27(25(34)18-23)41-28-12-17-36-26-19-24(42-29(26)28)3-1-2-20-10-15-35-16-11-20/h4-9,12,17-20,35H,2,10-11,13-16H2,(H,37,39)(H,38,40). The van der Waals surface area contributed by atoms with Crippen molar-refractivity contribution in [2.24, 2.45) is 11.3 Å². The number of nitrogens with zero attached hydrogens (tertiary/aromatic N) is 1. The molecule has 3 heterocycles. The van der Waals surface area contributed by atoms with Crippen molar-refractivity contribution >= 4 is 44.7 Å². The van der Waals surface area contributed by atoms with Crippen LogP contribution < -0.4 is 20.7 Å². The van der Waals surface area contributed by atoms with Crippen LogP contribution in [0, 0.1) is 34.8 Å². The number of amides is 2. The third-order valence-corrected chi connectivity index (χ3v) is 8.62. The summed E-state index contributed by atoms with van der Waals surface area (Å²) < 4.78 is 35.0. The summed E-state index contributed by atoms with van der Waals surface area (Å²) in [5.41, 5.74) is 0.0609. The summed E-state index contributed by atoms with van der Waals surface area (Å²) in [5, 5.41) is 8.67. The van der Waals surface area contributed by atoms with E-state index in [-0.39, 0.29) is 11.4 Å². The highest BCUT2D eigenvalue weighted by Gasteiger charge is 2.56. The van der Waals surface area contributed by atoms with Gasteiger partial charge in [-0.15, -0.1) is 11.3 Å². The molecule has 1 aliphatic heterocycles. The van der Waals surface area contributed by atoms with E-state index in [1.165, 1.54) is 47.7 Å². The van der Waals surface area contributed by atoms with Crippen LogP contribution in [0.2, 0.25) is 0 Å². The summed E-state index contributed by atoms with van der Waals surface area (Å²) in [4.78, 5) is 31.1. The number of carbonyl (C=O) groups is 2. The molecule has 0 unspecified atom stereocenters. The fraction of sp³-hybridized carbons (Fsp3) is 0.281. The summed E-state index contributed by atoms with van der Waals surface area (Å²) in [6.45, 7) is 2.08. The van der Waals surface area contributed by atoms with Crippen molar-refractivity contribution in [1.82, 2.24) is 10.3 Å². The molecule has 0 atom stereocenters. The first-order chi connectivity index (χ1) is 20.4. The molecular formula is C32H28F2N4O3S. The SMILES string of the molecule is O=C(Nc1ccc(F)cc1)C1(C(=O)Nc2ccc(Oc3ccnc4cc(C#CCC5CCNCC5)sc34)c(F)c2)CC1. The number of thiophene rings is 1. The molecule has 2 aromatic heterocycles. The minimum Gasteiger partial charge on any atom is -0.453 e. The van der Waals surface area contributed by atoms with Crippen molar-refractivity contribution in [3.8, 4) is 23.3 Å². The van der Waals surface area contributed by atoms with Gasteiger partial charge < -0.3 is 20.7 Å². The van der Waals surface area contributed by atoms with Crippen molar-refractivity contribution in [2.45, 2.75) is 32.1 Å². The van der Waals surface area contributed by atoms with E-state index >= 15 is 4.39 Å². The molecule has 2 aromatic carbocycles. The smallest absolute Gasteiger partial charge is 0.240 e. The van der Waals surface area contributed by atoms with Crippen LogP contribution >= 0.6 is 11.3 Å². The topological polar surface area (TPSA) is 92.4 Å². The van der Waals surface area contributed by atoms with Crippen LogP contribution in [0.15, 0.2) is 60.8 Å².